The molecule has 0 saturated heterocycles. The van der Waals surface area contributed by atoms with Crippen LogP contribution >= 0.6 is 7.92 Å². The first-order valence-electron chi connectivity index (χ1n) is 11.6. The summed E-state index contributed by atoms with van der Waals surface area (Å²) >= 11 is 0. The van der Waals surface area contributed by atoms with E-state index in [9.17, 15) is 13.2 Å². The van der Waals surface area contributed by atoms with E-state index in [0.717, 1.165) is 16.7 Å². The monoisotopic (exact) mass is 486 g/mol. The van der Waals surface area contributed by atoms with Gasteiger partial charge in [0.05, 0.1) is 5.56 Å². The molecule has 4 heteroatoms. The number of halogens is 3. The number of hydrogen-bond donors (Lipinski definition) is 0. The third-order valence-corrected chi connectivity index (χ3v) is 9.51. The molecule has 1 aliphatic rings. The van der Waals surface area contributed by atoms with Gasteiger partial charge in [0, 0.05) is 5.66 Å². The van der Waals surface area contributed by atoms with Crippen molar-refractivity contribution in [1.29, 1.82) is 0 Å². The highest BCUT2D eigenvalue weighted by Crippen LogP contribution is 2.62. The molecule has 5 rings (SSSR count). The molecule has 0 bridgehead atoms. The van der Waals surface area contributed by atoms with E-state index in [1.807, 2.05) is 12.1 Å². The van der Waals surface area contributed by atoms with Gasteiger partial charge in [-0.25, -0.2) is 0 Å². The van der Waals surface area contributed by atoms with E-state index in [1.165, 1.54) is 45.3 Å². The van der Waals surface area contributed by atoms with Crippen LogP contribution in [0.5, 0.6) is 0 Å². The fourth-order valence-corrected chi connectivity index (χ4v) is 8.30. The largest absolute Gasteiger partial charge is 0.416 e. The number of aryl methyl sites for hydroxylation is 3. The van der Waals surface area contributed by atoms with Gasteiger partial charge in [0.15, 0.2) is 0 Å². The topological polar surface area (TPSA) is 0 Å². The molecule has 4 aromatic carbocycles. The molecular weight excluding hydrogens is 460 g/mol. The van der Waals surface area contributed by atoms with Crippen molar-refractivity contribution in [2.24, 2.45) is 0 Å². The molecule has 2 atom stereocenters. The Bertz CT molecular complexity index is 1380. The van der Waals surface area contributed by atoms with E-state index in [4.69, 9.17) is 0 Å². The van der Waals surface area contributed by atoms with E-state index in [2.05, 4.69) is 81.2 Å². The molecule has 0 spiro atoms. The van der Waals surface area contributed by atoms with Crippen molar-refractivity contribution < 1.29 is 13.2 Å². The predicted octanol–water partition coefficient (Wildman–Crippen LogP) is 8.93. The van der Waals surface area contributed by atoms with Gasteiger partial charge in [0.1, 0.15) is 0 Å². The molecule has 0 N–H and O–H groups in total. The van der Waals surface area contributed by atoms with Gasteiger partial charge >= 0.3 is 6.18 Å². The van der Waals surface area contributed by atoms with Crippen LogP contribution in [-0.2, 0) is 6.18 Å². The quantitative estimate of drug-likeness (QED) is 0.254. The maximum absolute atomic E-state index is 13.2. The number of alkyl halides is 3. The van der Waals surface area contributed by atoms with Crippen LogP contribution in [0.15, 0.2) is 96.8 Å². The fourth-order valence-electron chi connectivity index (χ4n) is 5.23. The van der Waals surface area contributed by atoms with Gasteiger partial charge in [0.25, 0.3) is 0 Å². The molecular formula is C31H26F3P. The van der Waals surface area contributed by atoms with Crippen molar-refractivity contribution in [3.05, 3.63) is 141 Å². The summed E-state index contributed by atoms with van der Waals surface area (Å²) in [7, 11) is -0.825. The Kier molecular flexibility index (Phi) is 6.15. The second-order valence-corrected chi connectivity index (χ2v) is 11.2. The van der Waals surface area contributed by atoms with Crippen molar-refractivity contribution in [2.75, 3.05) is 0 Å². The van der Waals surface area contributed by atoms with E-state index in [-0.39, 0.29) is 5.66 Å². The third-order valence-electron chi connectivity index (χ3n) is 6.62. The normalized spacial score (nSPS) is 17.6. The lowest BCUT2D eigenvalue weighted by atomic mass is 9.91. The van der Waals surface area contributed by atoms with E-state index < -0.39 is 19.7 Å². The first-order chi connectivity index (χ1) is 16.7. The molecule has 1 aliphatic heterocycles. The lowest BCUT2D eigenvalue weighted by Gasteiger charge is -2.35. The highest BCUT2D eigenvalue weighted by Gasteiger charge is 2.34. The molecule has 0 fully saturated rings. The van der Waals surface area contributed by atoms with Crippen LogP contribution < -0.4 is 5.30 Å². The van der Waals surface area contributed by atoms with Gasteiger partial charge in [-0.2, -0.15) is 13.2 Å². The van der Waals surface area contributed by atoms with Crippen LogP contribution in [0.25, 0.3) is 5.57 Å². The van der Waals surface area contributed by atoms with Crippen LogP contribution in [0.3, 0.4) is 0 Å². The summed E-state index contributed by atoms with van der Waals surface area (Å²) in [5.41, 5.74) is 8.69. The smallest absolute Gasteiger partial charge is 0.166 e. The van der Waals surface area contributed by atoms with Crippen LogP contribution in [0.2, 0.25) is 0 Å². The maximum atomic E-state index is 13.2. The lowest BCUT2D eigenvalue weighted by molar-refractivity contribution is -0.137. The molecule has 4 aromatic rings. The van der Waals surface area contributed by atoms with Crippen molar-refractivity contribution in [3.63, 3.8) is 0 Å². The van der Waals surface area contributed by atoms with Gasteiger partial charge in [-0.3, -0.25) is 0 Å². The van der Waals surface area contributed by atoms with Crippen molar-refractivity contribution in [2.45, 2.75) is 32.6 Å². The second-order valence-electron chi connectivity index (χ2n) is 9.17. The minimum atomic E-state index is -4.35. The summed E-state index contributed by atoms with van der Waals surface area (Å²) in [6.07, 6.45) is -4.35. The molecule has 1 heterocycles. The summed E-state index contributed by atoms with van der Waals surface area (Å²) in [4.78, 5) is 0. The SMILES string of the molecule is Cc1cc(C)c(P2C=C(c3ccc(C(F)(F)F)cc3)c3ccccc3C2c2ccccc2)c(C)c1. The third kappa shape index (κ3) is 4.46. The average Bonchev–Trinajstić information content (AvgIpc) is 2.83. The molecule has 0 amide bonds. The molecule has 0 aromatic heterocycles. The Morgan fingerprint density at radius 2 is 1.31 bits per heavy atom. The standard InChI is InChI=1S/C31H26F3P/c1-20-17-21(2)29(22(3)18-20)35-19-28(23-13-15-25(16-14-23)31(32,33)34)26-11-7-8-12-27(26)30(35)24-9-5-4-6-10-24/h4-19,30H,1-3H3. The fraction of sp³-hybridized carbons (Fsp3) is 0.161. The zero-order valence-corrected chi connectivity index (χ0v) is 20.8. The summed E-state index contributed by atoms with van der Waals surface area (Å²) in [5.74, 6) is 2.34. The zero-order valence-electron chi connectivity index (χ0n) is 19.9. The van der Waals surface area contributed by atoms with Gasteiger partial charge in [-0.1, -0.05) is 84.4 Å². The van der Waals surface area contributed by atoms with Crippen molar-refractivity contribution in [3.8, 4) is 0 Å². The minimum Gasteiger partial charge on any atom is -0.166 e. The summed E-state index contributed by atoms with van der Waals surface area (Å²) in [6.45, 7) is 6.46. The van der Waals surface area contributed by atoms with Gasteiger partial charge in [-0.05, 0) is 90.9 Å². The Morgan fingerprint density at radius 3 is 1.94 bits per heavy atom. The number of fused-ring (bicyclic) bond motifs is 1. The number of hydrogen-bond acceptors (Lipinski definition) is 0. The average molecular weight is 487 g/mol. The Hall–Kier alpha value is -3.16. The van der Waals surface area contributed by atoms with E-state index in [1.54, 1.807) is 12.1 Å². The number of benzene rings is 4. The van der Waals surface area contributed by atoms with Crippen LogP contribution in [-0.4, -0.2) is 0 Å². The Morgan fingerprint density at radius 1 is 0.714 bits per heavy atom. The summed E-state index contributed by atoms with van der Waals surface area (Å²) in [5, 5.41) is 1.35. The molecule has 35 heavy (non-hydrogen) atoms. The first kappa shape index (κ1) is 23.6. The zero-order chi connectivity index (χ0) is 24.7. The summed E-state index contributed by atoms with van der Waals surface area (Å²) in [6, 6.07) is 29.0. The van der Waals surface area contributed by atoms with Crippen LogP contribution in [0, 0.1) is 20.8 Å². The molecule has 176 valence electrons. The second kappa shape index (κ2) is 9.13. The summed E-state index contributed by atoms with van der Waals surface area (Å²) < 4.78 is 39.7. The Balaban J connectivity index is 1.76. The Labute approximate surface area is 205 Å². The van der Waals surface area contributed by atoms with E-state index >= 15 is 0 Å². The van der Waals surface area contributed by atoms with Crippen molar-refractivity contribution >= 4 is 18.8 Å². The molecule has 0 saturated carbocycles. The van der Waals surface area contributed by atoms with Crippen LogP contribution in [0.4, 0.5) is 13.2 Å². The van der Waals surface area contributed by atoms with Gasteiger partial charge in [-0.15, -0.1) is 0 Å². The maximum Gasteiger partial charge on any atom is 0.416 e. The molecule has 0 radical (unpaired) electrons. The molecule has 0 nitrogen and oxygen atoms in total. The van der Waals surface area contributed by atoms with Crippen LogP contribution in [0.1, 0.15) is 50.2 Å². The lowest BCUT2D eigenvalue weighted by Crippen LogP contribution is -2.18. The van der Waals surface area contributed by atoms with Crippen molar-refractivity contribution in [1.82, 2.24) is 0 Å². The molecule has 2 unspecified atom stereocenters. The predicted molar refractivity (Wildman–Crippen MR) is 140 cm³/mol. The first-order valence-corrected chi connectivity index (χ1v) is 13.1. The van der Waals surface area contributed by atoms with Gasteiger partial charge in [0.2, 0.25) is 0 Å². The van der Waals surface area contributed by atoms with Gasteiger partial charge < -0.3 is 0 Å². The minimum absolute atomic E-state index is 0.167. The highest BCUT2D eigenvalue weighted by atomic mass is 31.1. The number of rotatable bonds is 3. The highest BCUT2D eigenvalue weighted by molar-refractivity contribution is 7.69. The van der Waals surface area contributed by atoms with E-state index in [0.29, 0.717) is 0 Å². The molecule has 0 aliphatic carbocycles.